The van der Waals surface area contributed by atoms with Crippen molar-refractivity contribution in [3.63, 3.8) is 0 Å². The van der Waals surface area contributed by atoms with Crippen LogP contribution in [0.5, 0.6) is 0 Å². The fourth-order valence-corrected chi connectivity index (χ4v) is 2.72. The molecule has 118 valence electrons. The van der Waals surface area contributed by atoms with Crippen LogP contribution in [-0.4, -0.2) is 11.1 Å². The molecule has 0 saturated heterocycles. The van der Waals surface area contributed by atoms with Crippen LogP contribution in [0.1, 0.15) is 11.3 Å². The first-order chi connectivity index (χ1) is 11.1. The van der Waals surface area contributed by atoms with Crippen molar-refractivity contribution >= 4 is 17.2 Å². The first-order valence-corrected chi connectivity index (χ1v) is 7.70. The normalized spacial score (nSPS) is 10.7. The standard InChI is InChI=1S/C16H12F2N2O2S/c17-12-3-1-4-13(18)11(12)9-19-16(21)8-10-7-14(22-20-10)15-5-2-6-23-15/h1-7H,8-9H2,(H,19,21). The summed E-state index contributed by atoms with van der Waals surface area (Å²) in [6.07, 6.45) is -0.0229. The van der Waals surface area contributed by atoms with E-state index in [0.29, 0.717) is 11.5 Å². The average Bonchev–Trinajstić information content (AvgIpc) is 3.17. The van der Waals surface area contributed by atoms with Crippen molar-refractivity contribution in [1.29, 1.82) is 0 Å². The summed E-state index contributed by atoms with van der Waals surface area (Å²) in [5, 5.41) is 8.21. The van der Waals surface area contributed by atoms with Gasteiger partial charge in [0.25, 0.3) is 0 Å². The molecule has 0 aliphatic rings. The maximum atomic E-state index is 13.5. The molecule has 0 unspecified atom stereocenters. The molecule has 0 aliphatic heterocycles. The Kier molecular flexibility index (Phi) is 4.47. The van der Waals surface area contributed by atoms with E-state index in [0.717, 1.165) is 17.0 Å². The van der Waals surface area contributed by atoms with Crippen molar-refractivity contribution in [1.82, 2.24) is 10.5 Å². The van der Waals surface area contributed by atoms with Crippen molar-refractivity contribution in [2.45, 2.75) is 13.0 Å². The molecule has 3 rings (SSSR count). The first-order valence-electron chi connectivity index (χ1n) is 6.82. The fourth-order valence-electron chi connectivity index (χ4n) is 2.05. The molecule has 1 aromatic carbocycles. The van der Waals surface area contributed by atoms with Crippen molar-refractivity contribution in [2.75, 3.05) is 0 Å². The van der Waals surface area contributed by atoms with Crippen molar-refractivity contribution < 1.29 is 18.1 Å². The number of carbonyl (C=O) groups is 1. The van der Waals surface area contributed by atoms with Crippen molar-refractivity contribution in [3.05, 3.63) is 64.7 Å². The topological polar surface area (TPSA) is 55.1 Å². The predicted molar refractivity (Wildman–Crippen MR) is 81.7 cm³/mol. The van der Waals surface area contributed by atoms with E-state index >= 15 is 0 Å². The highest BCUT2D eigenvalue weighted by Crippen LogP contribution is 2.25. The largest absolute Gasteiger partial charge is 0.355 e. The Balaban J connectivity index is 1.60. The molecule has 0 saturated carbocycles. The molecule has 3 aromatic rings. The Hall–Kier alpha value is -2.54. The van der Waals surface area contributed by atoms with E-state index in [9.17, 15) is 13.6 Å². The molecule has 0 spiro atoms. The number of nitrogens with one attached hydrogen (secondary N) is 1. The van der Waals surface area contributed by atoms with Gasteiger partial charge in [0.1, 0.15) is 11.6 Å². The molecule has 2 aromatic heterocycles. The summed E-state index contributed by atoms with van der Waals surface area (Å²) in [7, 11) is 0. The van der Waals surface area contributed by atoms with Crippen LogP contribution >= 0.6 is 11.3 Å². The lowest BCUT2D eigenvalue weighted by Crippen LogP contribution is -2.25. The van der Waals surface area contributed by atoms with E-state index < -0.39 is 17.5 Å². The van der Waals surface area contributed by atoms with Gasteiger partial charge in [0.05, 0.1) is 17.0 Å². The van der Waals surface area contributed by atoms with Crippen LogP contribution in [0.3, 0.4) is 0 Å². The number of hydrogen-bond acceptors (Lipinski definition) is 4. The minimum Gasteiger partial charge on any atom is -0.355 e. The van der Waals surface area contributed by atoms with Gasteiger partial charge < -0.3 is 9.84 Å². The zero-order chi connectivity index (χ0) is 16.2. The Labute approximate surface area is 134 Å². The lowest BCUT2D eigenvalue weighted by atomic mass is 10.2. The lowest BCUT2D eigenvalue weighted by molar-refractivity contribution is -0.120. The van der Waals surface area contributed by atoms with Gasteiger partial charge in [-0.25, -0.2) is 8.78 Å². The van der Waals surface area contributed by atoms with E-state index in [2.05, 4.69) is 10.5 Å². The molecular weight excluding hydrogens is 322 g/mol. The third-order valence-corrected chi connectivity index (χ3v) is 4.07. The second-order valence-electron chi connectivity index (χ2n) is 4.81. The smallest absolute Gasteiger partial charge is 0.226 e. The van der Waals surface area contributed by atoms with E-state index in [1.54, 1.807) is 6.07 Å². The van der Waals surface area contributed by atoms with Gasteiger partial charge >= 0.3 is 0 Å². The minimum absolute atomic E-state index is 0.0229. The molecule has 0 radical (unpaired) electrons. The molecule has 23 heavy (non-hydrogen) atoms. The summed E-state index contributed by atoms with van der Waals surface area (Å²) in [5.74, 6) is -1.18. The maximum absolute atomic E-state index is 13.5. The summed E-state index contributed by atoms with van der Waals surface area (Å²) in [6.45, 7) is -0.215. The second-order valence-corrected chi connectivity index (χ2v) is 5.76. The Morgan fingerprint density at radius 3 is 2.70 bits per heavy atom. The van der Waals surface area contributed by atoms with Crippen molar-refractivity contribution in [2.24, 2.45) is 0 Å². The monoisotopic (exact) mass is 334 g/mol. The average molecular weight is 334 g/mol. The highest BCUT2D eigenvalue weighted by Gasteiger charge is 2.13. The van der Waals surface area contributed by atoms with E-state index in [4.69, 9.17) is 4.52 Å². The number of halogens is 2. The summed E-state index contributed by atoms with van der Waals surface area (Å²) < 4.78 is 32.1. The molecule has 0 fully saturated rings. The summed E-state index contributed by atoms with van der Waals surface area (Å²) >= 11 is 1.50. The number of carbonyl (C=O) groups excluding carboxylic acids is 1. The van der Waals surface area contributed by atoms with Crippen LogP contribution in [0.2, 0.25) is 0 Å². The molecule has 4 nitrogen and oxygen atoms in total. The van der Waals surface area contributed by atoms with E-state index in [-0.39, 0.29) is 18.5 Å². The molecule has 0 bridgehead atoms. The zero-order valence-corrected chi connectivity index (χ0v) is 12.7. The number of aromatic nitrogens is 1. The van der Waals surface area contributed by atoms with Gasteiger partial charge in [-0.1, -0.05) is 17.3 Å². The molecule has 0 aliphatic carbocycles. The number of benzene rings is 1. The van der Waals surface area contributed by atoms with Gasteiger partial charge in [0, 0.05) is 18.2 Å². The lowest BCUT2D eigenvalue weighted by Gasteiger charge is -2.06. The van der Waals surface area contributed by atoms with Gasteiger partial charge in [-0.15, -0.1) is 11.3 Å². The van der Waals surface area contributed by atoms with Crippen LogP contribution in [0.25, 0.3) is 10.6 Å². The van der Waals surface area contributed by atoms with Crippen LogP contribution in [-0.2, 0) is 17.8 Å². The van der Waals surface area contributed by atoms with Gasteiger partial charge in [-0.05, 0) is 23.6 Å². The molecule has 1 amide bonds. The highest BCUT2D eigenvalue weighted by molar-refractivity contribution is 7.13. The van der Waals surface area contributed by atoms with Crippen LogP contribution < -0.4 is 5.32 Å². The van der Waals surface area contributed by atoms with Gasteiger partial charge in [0.15, 0.2) is 5.76 Å². The van der Waals surface area contributed by atoms with Crippen LogP contribution in [0.4, 0.5) is 8.78 Å². The Morgan fingerprint density at radius 2 is 2.00 bits per heavy atom. The minimum atomic E-state index is -0.688. The van der Waals surface area contributed by atoms with E-state index in [1.165, 1.54) is 17.4 Å². The molecule has 7 heteroatoms. The second kappa shape index (κ2) is 6.70. The van der Waals surface area contributed by atoms with Crippen LogP contribution in [0.15, 0.2) is 46.3 Å². The zero-order valence-electron chi connectivity index (χ0n) is 11.9. The quantitative estimate of drug-likeness (QED) is 0.776. The number of hydrogen-bond donors (Lipinski definition) is 1. The summed E-state index contributed by atoms with van der Waals surface area (Å²) in [6, 6.07) is 9.02. The third kappa shape index (κ3) is 3.62. The Morgan fingerprint density at radius 1 is 1.22 bits per heavy atom. The van der Waals surface area contributed by atoms with E-state index in [1.807, 2.05) is 17.5 Å². The highest BCUT2D eigenvalue weighted by atomic mass is 32.1. The molecule has 0 atom stereocenters. The fraction of sp³-hybridized carbons (Fsp3) is 0.125. The third-order valence-electron chi connectivity index (χ3n) is 3.19. The summed E-state index contributed by atoms with van der Waals surface area (Å²) in [4.78, 5) is 12.8. The number of nitrogens with zero attached hydrogens (tertiary/aromatic N) is 1. The number of rotatable bonds is 5. The number of thiophene rings is 1. The maximum Gasteiger partial charge on any atom is 0.226 e. The van der Waals surface area contributed by atoms with Gasteiger partial charge in [0.2, 0.25) is 5.91 Å². The first kappa shape index (κ1) is 15.4. The SMILES string of the molecule is O=C(Cc1cc(-c2cccs2)on1)NCc1c(F)cccc1F. The predicted octanol–water partition coefficient (Wildman–Crippen LogP) is 3.54. The Bertz CT molecular complexity index is 795. The summed E-state index contributed by atoms with van der Waals surface area (Å²) in [5.41, 5.74) is 0.292. The molecule has 2 heterocycles. The molecular formula is C16H12F2N2O2S. The number of amides is 1. The van der Waals surface area contributed by atoms with Gasteiger partial charge in [-0.3, -0.25) is 4.79 Å². The molecule has 1 N–H and O–H groups in total. The van der Waals surface area contributed by atoms with Crippen molar-refractivity contribution in [3.8, 4) is 10.6 Å². The van der Waals surface area contributed by atoms with Crippen LogP contribution in [0, 0.1) is 11.6 Å². The van der Waals surface area contributed by atoms with Gasteiger partial charge in [-0.2, -0.15) is 0 Å².